The Bertz CT molecular complexity index is 929. The normalized spacial score (nSPS) is 12.2. The van der Waals surface area contributed by atoms with Crippen LogP contribution in [0.3, 0.4) is 0 Å². The lowest BCUT2D eigenvalue weighted by Gasteiger charge is -2.17. The third-order valence-corrected chi connectivity index (χ3v) is 4.91. The summed E-state index contributed by atoms with van der Waals surface area (Å²) in [7, 11) is 1.81. The molecule has 3 aromatic rings. The first-order valence-electron chi connectivity index (χ1n) is 10.2. The summed E-state index contributed by atoms with van der Waals surface area (Å²) in [5.41, 5.74) is 4.87. The van der Waals surface area contributed by atoms with Crippen LogP contribution in [0.4, 0.5) is 0 Å². The Balaban J connectivity index is 1.76. The van der Waals surface area contributed by atoms with E-state index in [9.17, 15) is 4.79 Å². The van der Waals surface area contributed by atoms with Gasteiger partial charge in [0.2, 0.25) is 5.91 Å². The lowest BCUT2D eigenvalue weighted by molar-refractivity contribution is -0.121. The molecule has 0 radical (unpaired) electrons. The van der Waals surface area contributed by atoms with E-state index in [2.05, 4.69) is 59.6 Å². The number of nitrogens with one attached hydrogen (secondary N) is 1. The second kappa shape index (κ2) is 9.45. The summed E-state index contributed by atoms with van der Waals surface area (Å²) in [5, 5.41) is 11.3. The van der Waals surface area contributed by atoms with E-state index in [1.54, 1.807) is 4.68 Å². The minimum atomic E-state index is -0.429. The number of benzene rings is 1. The topological polar surface area (TPSA) is 72.7 Å². The van der Waals surface area contributed by atoms with Gasteiger partial charge < -0.3 is 5.32 Å². The molecule has 6 heteroatoms. The Morgan fingerprint density at radius 1 is 1.07 bits per heavy atom. The van der Waals surface area contributed by atoms with Crippen molar-refractivity contribution in [3.8, 4) is 0 Å². The molecule has 0 saturated carbocycles. The van der Waals surface area contributed by atoms with Gasteiger partial charge >= 0.3 is 0 Å². The van der Waals surface area contributed by atoms with Crippen molar-refractivity contribution >= 4 is 5.91 Å². The number of carbonyl (C=O) groups excluding carboxylic acids is 1. The second-order valence-corrected chi connectivity index (χ2v) is 7.73. The molecule has 2 heterocycles. The summed E-state index contributed by atoms with van der Waals surface area (Å²) >= 11 is 0. The minimum absolute atomic E-state index is 0.0719. The molecule has 29 heavy (non-hydrogen) atoms. The summed E-state index contributed by atoms with van der Waals surface area (Å²) < 4.78 is 1.63. The molecular weight excluding hydrogens is 362 g/mol. The van der Waals surface area contributed by atoms with Crippen molar-refractivity contribution in [3.63, 3.8) is 0 Å². The number of aromatic nitrogens is 4. The standard InChI is InChI=1S/C23H29N5O/c1-5-6-18-9-12-20(24-14-18)23(21-15-28(4)27-26-21)25-22(29)13-17-7-10-19(11-8-17)16(2)3/h7-12,14-16,23H,5-6,13H2,1-4H3,(H,25,29)/t23-/m0/s1. The maximum Gasteiger partial charge on any atom is 0.225 e. The van der Waals surface area contributed by atoms with Crippen molar-refractivity contribution in [2.75, 3.05) is 0 Å². The van der Waals surface area contributed by atoms with Gasteiger partial charge in [0, 0.05) is 13.2 Å². The number of nitrogens with zero attached hydrogens (tertiary/aromatic N) is 4. The first-order valence-corrected chi connectivity index (χ1v) is 10.2. The van der Waals surface area contributed by atoms with Gasteiger partial charge in [-0.3, -0.25) is 14.5 Å². The molecule has 0 aliphatic carbocycles. The van der Waals surface area contributed by atoms with Crippen LogP contribution in [0.1, 0.15) is 67.2 Å². The van der Waals surface area contributed by atoms with Gasteiger partial charge in [-0.05, 0) is 35.1 Å². The molecule has 152 valence electrons. The molecule has 1 N–H and O–H groups in total. The molecule has 0 bridgehead atoms. The fourth-order valence-corrected chi connectivity index (χ4v) is 3.26. The Morgan fingerprint density at radius 2 is 1.79 bits per heavy atom. The lowest BCUT2D eigenvalue weighted by atomic mass is 10.0. The summed E-state index contributed by atoms with van der Waals surface area (Å²) in [6.07, 6.45) is 6.05. The van der Waals surface area contributed by atoms with Crippen molar-refractivity contribution in [3.05, 3.63) is 76.9 Å². The largest absolute Gasteiger partial charge is 0.342 e. The number of hydrogen-bond donors (Lipinski definition) is 1. The molecule has 1 aromatic carbocycles. The van der Waals surface area contributed by atoms with Crippen molar-refractivity contribution in [1.82, 2.24) is 25.3 Å². The third kappa shape index (κ3) is 5.50. The molecule has 1 atom stereocenters. The van der Waals surface area contributed by atoms with Crippen molar-refractivity contribution in [1.29, 1.82) is 0 Å². The van der Waals surface area contributed by atoms with E-state index in [1.165, 1.54) is 11.1 Å². The second-order valence-electron chi connectivity index (χ2n) is 7.73. The highest BCUT2D eigenvalue weighted by Gasteiger charge is 2.21. The maximum atomic E-state index is 12.8. The van der Waals surface area contributed by atoms with Gasteiger partial charge in [-0.2, -0.15) is 0 Å². The zero-order valence-electron chi connectivity index (χ0n) is 17.6. The monoisotopic (exact) mass is 391 g/mol. The molecule has 6 nitrogen and oxygen atoms in total. The molecule has 2 aromatic heterocycles. The van der Waals surface area contributed by atoms with Gasteiger partial charge in [0.25, 0.3) is 0 Å². The number of pyridine rings is 1. The number of rotatable bonds is 8. The minimum Gasteiger partial charge on any atom is -0.342 e. The highest BCUT2D eigenvalue weighted by Crippen LogP contribution is 2.20. The molecule has 0 aliphatic rings. The third-order valence-electron chi connectivity index (χ3n) is 4.91. The van der Waals surface area contributed by atoms with Gasteiger partial charge in [0.05, 0.1) is 18.3 Å². The first kappa shape index (κ1) is 20.7. The Morgan fingerprint density at radius 3 is 2.34 bits per heavy atom. The average Bonchev–Trinajstić information content (AvgIpc) is 3.13. The summed E-state index contributed by atoms with van der Waals surface area (Å²) in [5.74, 6) is 0.401. The Kier molecular flexibility index (Phi) is 6.75. The highest BCUT2D eigenvalue weighted by molar-refractivity contribution is 5.79. The fourth-order valence-electron chi connectivity index (χ4n) is 3.26. The van der Waals surface area contributed by atoms with Crippen LogP contribution in [0, 0.1) is 0 Å². The zero-order chi connectivity index (χ0) is 20.8. The summed E-state index contributed by atoms with van der Waals surface area (Å²) in [6, 6.07) is 11.8. The van der Waals surface area contributed by atoms with Gasteiger partial charge in [0.1, 0.15) is 11.7 Å². The van der Waals surface area contributed by atoms with Crippen molar-refractivity contribution in [2.24, 2.45) is 7.05 Å². The fraction of sp³-hybridized carbons (Fsp3) is 0.391. The predicted octanol–water partition coefficient (Wildman–Crippen LogP) is 3.73. The molecule has 3 rings (SSSR count). The lowest BCUT2D eigenvalue weighted by Crippen LogP contribution is -2.31. The molecule has 1 amide bonds. The number of aryl methyl sites for hydroxylation is 2. The van der Waals surface area contributed by atoms with Crippen molar-refractivity contribution in [2.45, 2.75) is 52.0 Å². The first-order chi connectivity index (χ1) is 14.0. The van der Waals surface area contributed by atoms with E-state index in [-0.39, 0.29) is 5.91 Å². The Labute approximate surface area is 172 Å². The zero-order valence-corrected chi connectivity index (χ0v) is 17.6. The van der Waals surface area contributed by atoms with Crippen molar-refractivity contribution < 1.29 is 4.79 Å². The molecule has 0 spiro atoms. The molecule has 0 fully saturated rings. The molecule has 0 aliphatic heterocycles. The van der Waals surface area contributed by atoms with Crippen LogP contribution in [0.5, 0.6) is 0 Å². The van der Waals surface area contributed by atoms with Crippen LogP contribution in [0.2, 0.25) is 0 Å². The van der Waals surface area contributed by atoms with Crippen LogP contribution in [0.25, 0.3) is 0 Å². The van der Waals surface area contributed by atoms with E-state index >= 15 is 0 Å². The SMILES string of the molecule is CCCc1ccc([C@H](NC(=O)Cc2ccc(C(C)C)cc2)c2cn(C)nn2)nc1. The number of amides is 1. The van der Waals surface area contributed by atoms with E-state index in [1.807, 2.05) is 37.6 Å². The highest BCUT2D eigenvalue weighted by atomic mass is 16.1. The van der Waals surface area contributed by atoms with Crippen LogP contribution in [0.15, 0.2) is 48.8 Å². The molecular formula is C23H29N5O. The predicted molar refractivity (Wildman–Crippen MR) is 113 cm³/mol. The van der Waals surface area contributed by atoms with Gasteiger partial charge in [-0.15, -0.1) is 5.10 Å². The van der Waals surface area contributed by atoms with Gasteiger partial charge in [0.15, 0.2) is 0 Å². The summed E-state index contributed by atoms with van der Waals surface area (Å²) in [6.45, 7) is 6.46. The molecule has 0 unspecified atom stereocenters. The summed E-state index contributed by atoms with van der Waals surface area (Å²) in [4.78, 5) is 17.4. The van der Waals surface area contributed by atoms with E-state index in [4.69, 9.17) is 0 Å². The van der Waals surface area contributed by atoms with E-state index in [0.717, 1.165) is 24.1 Å². The van der Waals surface area contributed by atoms with Crippen LogP contribution < -0.4 is 5.32 Å². The van der Waals surface area contributed by atoms with E-state index in [0.29, 0.717) is 18.0 Å². The van der Waals surface area contributed by atoms with Crippen LogP contribution in [-0.2, 0) is 24.7 Å². The average molecular weight is 392 g/mol. The maximum absolute atomic E-state index is 12.8. The Hall–Kier alpha value is -3.02. The quantitative estimate of drug-likeness (QED) is 0.635. The van der Waals surface area contributed by atoms with Gasteiger partial charge in [-0.1, -0.05) is 62.7 Å². The van der Waals surface area contributed by atoms with Crippen LogP contribution in [-0.4, -0.2) is 25.9 Å². The number of hydrogen-bond acceptors (Lipinski definition) is 4. The number of carbonyl (C=O) groups is 1. The smallest absolute Gasteiger partial charge is 0.225 e. The van der Waals surface area contributed by atoms with Gasteiger partial charge in [-0.25, -0.2) is 0 Å². The van der Waals surface area contributed by atoms with Crippen LogP contribution >= 0.6 is 0 Å². The molecule has 0 saturated heterocycles. The van der Waals surface area contributed by atoms with E-state index < -0.39 is 6.04 Å².